The van der Waals surface area contributed by atoms with Crippen molar-refractivity contribution < 1.29 is 14.6 Å². The summed E-state index contributed by atoms with van der Waals surface area (Å²) in [4.78, 5) is 16.0. The summed E-state index contributed by atoms with van der Waals surface area (Å²) in [6.07, 6.45) is 1.45. The van der Waals surface area contributed by atoms with Crippen LogP contribution < -0.4 is 5.43 Å². The van der Waals surface area contributed by atoms with Gasteiger partial charge in [0.1, 0.15) is 12.4 Å². The molecule has 3 rings (SSSR count). The average molecular weight is 462 g/mol. The fraction of sp³-hybridized carbons (Fsp3) is 0.111. The molecule has 0 saturated carbocycles. The summed E-state index contributed by atoms with van der Waals surface area (Å²) in [6, 6.07) is 14.5. The van der Waals surface area contributed by atoms with Crippen LogP contribution in [0.5, 0.6) is 5.75 Å². The summed E-state index contributed by atoms with van der Waals surface area (Å²) in [5.41, 5.74) is 4.15. The van der Waals surface area contributed by atoms with Crippen molar-refractivity contribution in [3.63, 3.8) is 0 Å². The molecule has 0 aliphatic carbocycles. The number of anilines is 1. The molecule has 0 bridgehead atoms. The van der Waals surface area contributed by atoms with Crippen LogP contribution in [-0.4, -0.2) is 38.2 Å². The van der Waals surface area contributed by atoms with Gasteiger partial charge in [0, 0.05) is 10.0 Å². The van der Waals surface area contributed by atoms with Crippen LogP contribution in [0.4, 0.5) is 5.95 Å². The number of aromatic amines is 1. The van der Waals surface area contributed by atoms with Crippen LogP contribution in [0.15, 0.2) is 63.3 Å². The molecule has 144 valence electrons. The summed E-state index contributed by atoms with van der Waals surface area (Å²) in [7, 11) is 0. The Labute approximate surface area is 173 Å². The third-order valence-electron chi connectivity index (χ3n) is 3.39. The van der Waals surface area contributed by atoms with E-state index in [1.54, 1.807) is 18.2 Å². The number of nitrogens with one attached hydrogen (secondary N) is 2. The van der Waals surface area contributed by atoms with Crippen LogP contribution in [-0.2, 0) is 16.1 Å². The number of rotatable bonds is 8. The van der Waals surface area contributed by atoms with Gasteiger partial charge < -0.3 is 9.84 Å². The third-order valence-corrected chi connectivity index (χ3v) is 4.70. The van der Waals surface area contributed by atoms with E-state index in [-0.39, 0.29) is 24.1 Å². The molecule has 1 aromatic heterocycles. The van der Waals surface area contributed by atoms with Crippen molar-refractivity contribution in [2.24, 2.45) is 5.10 Å². The molecule has 28 heavy (non-hydrogen) atoms. The van der Waals surface area contributed by atoms with E-state index in [0.29, 0.717) is 16.7 Å². The second-order valence-electron chi connectivity index (χ2n) is 5.47. The highest BCUT2D eigenvalue weighted by Gasteiger charge is 2.09. The molecule has 0 saturated heterocycles. The molecule has 0 spiro atoms. The summed E-state index contributed by atoms with van der Waals surface area (Å²) in [6.45, 7) is 0.234. The highest BCUT2D eigenvalue weighted by Crippen LogP contribution is 2.20. The second kappa shape index (κ2) is 9.90. The number of aromatic hydroxyl groups is 1. The molecular weight excluding hydrogens is 446 g/mol. The van der Waals surface area contributed by atoms with Crippen molar-refractivity contribution in [1.82, 2.24) is 15.2 Å². The van der Waals surface area contributed by atoms with Crippen LogP contribution in [0.25, 0.3) is 0 Å². The lowest BCUT2D eigenvalue weighted by Gasteiger charge is -2.03. The zero-order valence-corrected chi connectivity index (χ0v) is 16.9. The van der Waals surface area contributed by atoms with Gasteiger partial charge in [0.25, 0.3) is 0 Å². The predicted octanol–water partition coefficient (Wildman–Crippen LogP) is 3.55. The van der Waals surface area contributed by atoms with Crippen molar-refractivity contribution in [2.45, 2.75) is 11.8 Å². The zero-order valence-electron chi connectivity index (χ0n) is 14.5. The van der Waals surface area contributed by atoms with Gasteiger partial charge in [-0.2, -0.15) is 10.1 Å². The first kappa shape index (κ1) is 19.9. The lowest BCUT2D eigenvalue weighted by molar-refractivity contribution is -0.141. The first-order chi connectivity index (χ1) is 13.6. The second-order valence-corrected chi connectivity index (χ2v) is 7.33. The smallest absolute Gasteiger partial charge is 0.316 e. The molecule has 8 nitrogen and oxygen atoms in total. The number of hydrogen-bond acceptors (Lipinski definition) is 8. The first-order valence-electron chi connectivity index (χ1n) is 8.12. The maximum absolute atomic E-state index is 11.8. The predicted molar refractivity (Wildman–Crippen MR) is 110 cm³/mol. The Hall–Kier alpha value is -2.85. The standard InChI is InChI=1S/C18H16BrN5O3S/c19-14-6-7-15(25)13(8-14)9-20-22-17-21-18(24-23-17)28-11-16(26)27-10-12-4-2-1-3-5-12/h1-9,25H,10-11H2,(H2,21,22,23,24)/b20-9-. The number of thioether (sulfide) groups is 1. The Morgan fingerprint density at radius 2 is 2.14 bits per heavy atom. The van der Waals surface area contributed by atoms with E-state index in [0.717, 1.165) is 21.8 Å². The van der Waals surface area contributed by atoms with E-state index in [2.05, 4.69) is 41.6 Å². The van der Waals surface area contributed by atoms with Gasteiger partial charge in [-0.3, -0.25) is 4.79 Å². The van der Waals surface area contributed by atoms with Crippen molar-refractivity contribution in [3.8, 4) is 5.75 Å². The largest absolute Gasteiger partial charge is 0.507 e. The molecule has 1 heterocycles. The number of phenolic OH excluding ortho intramolecular Hbond substituents is 1. The molecule has 0 fully saturated rings. The number of H-pyrrole nitrogens is 1. The normalized spacial score (nSPS) is 10.9. The molecule has 0 aliphatic rings. The quantitative estimate of drug-likeness (QED) is 0.203. The summed E-state index contributed by atoms with van der Waals surface area (Å²) in [5.74, 6) is 0.165. The summed E-state index contributed by atoms with van der Waals surface area (Å²) >= 11 is 4.48. The number of hydrazone groups is 1. The zero-order chi connectivity index (χ0) is 19.8. The number of benzene rings is 2. The van der Waals surface area contributed by atoms with Gasteiger partial charge in [-0.15, -0.1) is 5.10 Å². The van der Waals surface area contributed by atoms with E-state index in [4.69, 9.17) is 4.74 Å². The first-order valence-corrected chi connectivity index (χ1v) is 9.90. The van der Waals surface area contributed by atoms with Crippen LogP contribution in [0, 0.1) is 0 Å². The van der Waals surface area contributed by atoms with Crippen LogP contribution >= 0.6 is 27.7 Å². The molecule has 0 atom stereocenters. The number of halogens is 1. The molecule has 2 aromatic carbocycles. The fourth-order valence-corrected chi connectivity index (χ4v) is 3.03. The van der Waals surface area contributed by atoms with Gasteiger partial charge in [-0.05, 0) is 23.8 Å². The Bertz CT molecular complexity index is 965. The number of nitrogens with zero attached hydrogens (tertiary/aromatic N) is 3. The fourth-order valence-electron chi connectivity index (χ4n) is 2.06. The number of carbonyl (C=O) groups excluding carboxylic acids is 1. The molecule has 3 aromatic rings. The number of aromatic nitrogens is 3. The lowest BCUT2D eigenvalue weighted by Crippen LogP contribution is -2.07. The maximum Gasteiger partial charge on any atom is 0.316 e. The SMILES string of the molecule is O=C(CSc1n[nH]c(N/N=C\c2cc(Br)ccc2O)n1)OCc1ccccc1. The Balaban J connectivity index is 1.44. The average Bonchev–Trinajstić information content (AvgIpc) is 3.16. The molecule has 0 aliphatic heterocycles. The molecule has 3 N–H and O–H groups in total. The van der Waals surface area contributed by atoms with Crippen LogP contribution in [0.3, 0.4) is 0 Å². The number of esters is 1. The Kier molecular flexibility index (Phi) is 7.04. The highest BCUT2D eigenvalue weighted by atomic mass is 79.9. The van der Waals surface area contributed by atoms with Crippen molar-refractivity contribution >= 4 is 45.8 Å². The topological polar surface area (TPSA) is 112 Å². The molecule has 10 heteroatoms. The Morgan fingerprint density at radius 1 is 1.32 bits per heavy atom. The number of phenols is 1. The minimum Gasteiger partial charge on any atom is -0.507 e. The minimum absolute atomic E-state index is 0.0965. The van der Waals surface area contributed by atoms with E-state index in [1.165, 1.54) is 6.21 Å². The van der Waals surface area contributed by atoms with Crippen LogP contribution in [0.1, 0.15) is 11.1 Å². The Morgan fingerprint density at radius 3 is 2.96 bits per heavy atom. The third kappa shape index (κ3) is 6.10. The number of carbonyl (C=O) groups is 1. The summed E-state index contributed by atoms with van der Waals surface area (Å²) in [5, 5.41) is 20.8. The monoisotopic (exact) mass is 461 g/mol. The minimum atomic E-state index is -0.351. The molecule has 0 radical (unpaired) electrons. The van der Waals surface area contributed by atoms with Crippen molar-refractivity contribution in [2.75, 3.05) is 11.2 Å². The van der Waals surface area contributed by atoms with E-state index in [1.807, 2.05) is 30.3 Å². The van der Waals surface area contributed by atoms with Crippen LogP contribution in [0.2, 0.25) is 0 Å². The van der Waals surface area contributed by atoms with Crippen molar-refractivity contribution in [3.05, 3.63) is 64.1 Å². The molecule has 0 unspecified atom stereocenters. The van der Waals surface area contributed by atoms with E-state index >= 15 is 0 Å². The number of hydrogen-bond donors (Lipinski definition) is 3. The molecule has 0 amide bonds. The van der Waals surface area contributed by atoms with Gasteiger partial charge in [-0.1, -0.05) is 58.0 Å². The van der Waals surface area contributed by atoms with E-state index < -0.39 is 0 Å². The van der Waals surface area contributed by atoms with Gasteiger partial charge in [0.15, 0.2) is 0 Å². The van der Waals surface area contributed by atoms with Gasteiger partial charge >= 0.3 is 5.97 Å². The van der Waals surface area contributed by atoms with Gasteiger partial charge in [0.05, 0.1) is 12.0 Å². The lowest BCUT2D eigenvalue weighted by atomic mass is 10.2. The molecular formula is C18H16BrN5O3S. The summed E-state index contributed by atoms with van der Waals surface area (Å²) < 4.78 is 6.02. The van der Waals surface area contributed by atoms with Gasteiger partial charge in [0.2, 0.25) is 11.1 Å². The highest BCUT2D eigenvalue weighted by molar-refractivity contribution is 9.10. The van der Waals surface area contributed by atoms with E-state index in [9.17, 15) is 9.90 Å². The van der Waals surface area contributed by atoms with Crippen molar-refractivity contribution in [1.29, 1.82) is 0 Å². The number of ether oxygens (including phenoxy) is 1. The maximum atomic E-state index is 11.8. The van der Waals surface area contributed by atoms with Gasteiger partial charge in [-0.25, -0.2) is 10.5 Å².